The first kappa shape index (κ1) is 47.2. The van der Waals surface area contributed by atoms with Crippen LogP contribution in [0.3, 0.4) is 0 Å². The standard InChI is InChI=1S/C35H60N10O9/c1-21(31(50)43-26(9-3-6-18-37)34(53)42-25(30(40)49)8-2-5-17-36)41-33(52)28(15-16-29(47)48)45-35(54)27(10-4-7-19-38)44-32(51)24(39)20-22-11-13-23(46)14-12-22/h11-14,21,24-28,46H,2-10,15-20,36-39H2,1H3,(H2,40,49)(H,41,52)(H,42,53)(H,43,50)(H,44,51)(H,45,54)(H,47,48)/t21-,24-,25-,26-,27-,28-/m0/s1. The Kier molecular flexibility index (Phi) is 22.7. The van der Waals surface area contributed by atoms with Gasteiger partial charge in [-0.05, 0) is 115 Å². The average Bonchev–Trinajstić information content (AvgIpc) is 3.12. The van der Waals surface area contributed by atoms with Gasteiger partial charge in [0.05, 0.1) is 6.04 Å². The summed E-state index contributed by atoms with van der Waals surface area (Å²) >= 11 is 0. The number of hydrogen-bond donors (Lipinski definition) is 12. The van der Waals surface area contributed by atoms with Crippen LogP contribution in [0, 0.1) is 0 Å². The van der Waals surface area contributed by atoms with E-state index in [1.54, 1.807) is 12.1 Å². The molecule has 1 rings (SSSR count). The summed E-state index contributed by atoms with van der Waals surface area (Å²) in [5.41, 5.74) is 29.0. The lowest BCUT2D eigenvalue weighted by Gasteiger charge is -2.26. The van der Waals surface area contributed by atoms with Crippen LogP contribution in [0.5, 0.6) is 5.75 Å². The number of phenols is 1. The fraction of sp³-hybridized carbons (Fsp3) is 0.629. The fourth-order valence-electron chi connectivity index (χ4n) is 5.32. The van der Waals surface area contributed by atoms with Gasteiger partial charge in [0.1, 0.15) is 36.0 Å². The predicted molar refractivity (Wildman–Crippen MR) is 200 cm³/mol. The van der Waals surface area contributed by atoms with Crippen molar-refractivity contribution in [1.29, 1.82) is 0 Å². The van der Waals surface area contributed by atoms with E-state index < -0.39 is 84.1 Å². The first-order chi connectivity index (χ1) is 25.6. The Bertz CT molecular complexity index is 1370. The van der Waals surface area contributed by atoms with Gasteiger partial charge >= 0.3 is 5.97 Å². The lowest BCUT2D eigenvalue weighted by atomic mass is 10.0. The monoisotopic (exact) mass is 764 g/mol. The van der Waals surface area contributed by atoms with Gasteiger partial charge < -0.3 is 65.5 Å². The van der Waals surface area contributed by atoms with Crippen molar-refractivity contribution >= 4 is 41.4 Å². The molecule has 0 saturated heterocycles. The highest BCUT2D eigenvalue weighted by Gasteiger charge is 2.31. The third-order valence-corrected chi connectivity index (χ3v) is 8.53. The Balaban J connectivity index is 3.08. The molecule has 0 saturated carbocycles. The van der Waals surface area contributed by atoms with E-state index in [0.29, 0.717) is 63.7 Å². The summed E-state index contributed by atoms with van der Waals surface area (Å²) in [7, 11) is 0. The molecule has 19 heteroatoms. The molecule has 0 radical (unpaired) electrons. The van der Waals surface area contributed by atoms with Gasteiger partial charge in [0.25, 0.3) is 0 Å². The lowest BCUT2D eigenvalue weighted by Crippen LogP contribution is -2.59. The SMILES string of the molecule is C[C@H](NC(=O)[C@H](CCC(=O)O)NC(=O)[C@H](CCCCN)NC(=O)[C@@H](N)Cc1ccc(O)cc1)C(=O)N[C@@H](CCCCN)C(=O)N[C@@H](CCCCN)C(N)=O. The first-order valence-electron chi connectivity index (χ1n) is 18.3. The van der Waals surface area contributed by atoms with E-state index in [0.717, 1.165) is 0 Å². The zero-order chi connectivity index (χ0) is 40.6. The number of hydrogen-bond acceptors (Lipinski definition) is 12. The number of carbonyl (C=O) groups excluding carboxylic acids is 6. The van der Waals surface area contributed by atoms with Crippen LogP contribution in [0.2, 0.25) is 0 Å². The number of nitrogens with two attached hydrogens (primary N) is 5. The van der Waals surface area contributed by atoms with Gasteiger partial charge in [-0.3, -0.25) is 33.6 Å². The van der Waals surface area contributed by atoms with Crippen LogP contribution in [0.15, 0.2) is 24.3 Å². The molecule has 304 valence electrons. The van der Waals surface area contributed by atoms with E-state index in [-0.39, 0.29) is 37.9 Å². The number of amides is 6. The van der Waals surface area contributed by atoms with E-state index in [4.69, 9.17) is 28.7 Å². The number of benzene rings is 1. The second-order valence-electron chi connectivity index (χ2n) is 13.1. The highest BCUT2D eigenvalue weighted by Crippen LogP contribution is 2.12. The Morgan fingerprint density at radius 1 is 0.593 bits per heavy atom. The highest BCUT2D eigenvalue weighted by molar-refractivity contribution is 5.96. The summed E-state index contributed by atoms with van der Waals surface area (Å²) in [4.78, 5) is 89.8. The number of rotatable bonds is 28. The number of primary amides is 1. The molecule has 0 bridgehead atoms. The van der Waals surface area contributed by atoms with Gasteiger partial charge in [0, 0.05) is 6.42 Å². The molecule has 1 aromatic rings. The number of carbonyl (C=O) groups is 7. The first-order valence-corrected chi connectivity index (χ1v) is 18.3. The van der Waals surface area contributed by atoms with Crippen molar-refractivity contribution in [2.45, 2.75) is 120 Å². The topological polar surface area (TPSA) is 350 Å². The summed E-state index contributed by atoms with van der Waals surface area (Å²) in [6.07, 6.45) is 2.88. The molecule has 0 heterocycles. The van der Waals surface area contributed by atoms with Crippen LogP contribution >= 0.6 is 0 Å². The van der Waals surface area contributed by atoms with Crippen LogP contribution in [-0.4, -0.2) is 108 Å². The second-order valence-corrected chi connectivity index (χ2v) is 13.1. The Hall–Kier alpha value is -4.85. The number of carboxylic acids is 1. The van der Waals surface area contributed by atoms with Gasteiger partial charge in [-0.25, -0.2) is 0 Å². The van der Waals surface area contributed by atoms with E-state index in [9.17, 15) is 43.8 Å². The molecule has 0 aliphatic heterocycles. The molecule has 6 atom stereocenters. The normalized spacial score (nSPS) is 14.3. The number of carboxylic acid groups (broad SMARTS) is 1. The zero-order valence-corrected chi connectivity index (χ0v) is 31.0. The lowest BCUT2D eigenvalue weighted by molar-refractivity contribution is -0.138. The van der Waals surface area contributed by atoms with Crippen molar-refractivity contribution in [1.82, 2.24) is 26.6 Å². The van der Waals surface area contributed by atoms with Crippen LogP contribution in [0.25, 0.3) is 0 Å². The van der Waals surface area contributed by atoms with Gasteiger partial charge in [-0.2, -0.15) is 0 Å². The largest absolute Gasteiger partial charge is 0.508 e. The van der Waals surface area contributed by atoms with Crippen LogP contribution in [0.1, 0.15) is 83.1 Å². The van der Waals surface area contributed by atoms with Crippen molar-refractivity contribution in [2.24, 2.45) is 28.7 Å². The minimum absolute atomic E-state index is 0.0416. The van der Waals surface area contributed by atoms with Crippen LogP contribution < -0.4 is 55.3 Å². The van der Waals surface area contributed by atoms with Crippen molar-refractivity contribution in [3.8, 4) is 5.75 Å². The summed E-state index contributed by atoms with van der Waals surface area (Å²) in [6.45, 7) is 2.39. The number of aromatic hydroxyl groups is 1. The number of nitrogens with one attached hydrogen (secondary N) is 5. The van der Waals surface area contributed by atoms with E-state index in [1.807, 2.05) is 0 Å². The minimum Gasteiger partial charge on any atom is -0.508 e. The molecule has 0 spiro atoms. The predicted octanol–water partition coefficient (Wildman–Crippen LogP) is -2.56. The van der Waals surface area contributed by atoms with Crippen molar-refractivity contribution < 1.29 is 43.8 Å². The summed E-state index contributed by atoms with van der Waals surface area (Å²) in [6, 6.07) is -0.936. The molecule has 0 aliphatic rings. The number of aliphatic carboxylic acids is 1. The molecule has 0 aliphatic carbocycles. The van der Waals surface area contributed by atoms with Gasteiger partial charge in [-0.1, -0.05) is 12.1 Å². The van der Waals surface area contributed by atoms with Crippen LogP contribution in [0.4, 0.5) is 0 Å². The third kappa shape index (κ3) is 18.8. The van der Waals surface area contributed by atoms with E-state index in [1.165, 1.54) is 19.1 Å². The quantitative estimate of drug-likeness (QED) is 0.0391. The number of phenolic OH excluding ortho intramolecular Hbond substituents is 1. The molecule has 54 heavy (non-hydrogen) atoms. The molecule has 0 unspecified atom stereocenters. The summed E-state index contributed by atoms with van der Waals surface area (Å²) < 4.78 is 0. The van der Waals surface area contributed by atoms with E-state index >= 15 is 0 Å². The Morgan fingerprint density at radius 2 is 1.00 bits per heavy atom. The minimum atomic E-state index is -1.43. The Morgan fingerprint density at radius 3 is 1.46 bits per heavy atom. The summed E-state index contributed by atoms with van der Waals surface area (Å²) in [5, 5.41) is 31.6. The van der Waals surface area contributed by atoms with Crippen molar-refractivity contribution in [3.63, 3.8) is 0 Å². The zero-order valence-electron chi connectivity index (χ0n) is 31.0. The molecule has 19 nitrogen and oxygen atoms in total. The maximum atomic E-state index is 13.5. The maximum Gasteiger partial charge on any atom is 0.303 e. The van der Waals surface area contributed by atoms with Gasteiger partial charge in [0.2, 0.25) is 35.4 Å². The molecule has 17 N–H and O–H groups in total. The second kappa shape index (κ2) is 26.0. The fourth-order valence-corrected chi connectivity index (χ4v) is 5.32. The molecule has 1 aromatic carbocycles. The highest BCUT2D eigenvalue weighted by atomic mass is 16.4. The average molecular weight is 765 g/mol. The molecular formula is C35H60N10O9. The Labute approximate surface area is 315 Å². The molecular weight excluding hydrogens is 704 g/mol. The van der Waals surface area contributed by atoms with Gasteiger partial charge in [-0.15, -0.1) is 0 Å². The van der Waals surface area contributed by atoms with Crippen molar-refractivity contribution in [3.05, 3.63) is 29.8 Å². The van der Waals surface area contributed by atoms with Crippen molar-refractivity contribution in [2.75, 3.05) is 19.6 Å². The summed E-state index contributed by atoms with van der Waals surface area (Å²) in [5.74, 6) is -5.71. The molecule has 0 aromatic heterocycles. The molecule has 0 fully saturated rings. The number of unbranched alkanes of at least 4 members (excludes halogenated alkanes) is 3. The maximum absolute atomic E-state index is 13.5. The molecule has 6 amide bonds. The van der Waals surface area contributed by atoms with Gasteiger partial charge in [0.15, 0.2) is 0 Å². The van der Waals surface area contributed by atoms with E-state index in [2.05, 4.69) is 26.6 Å². The third-order valence-electron chi connectivity index (χ3n) is 8.53. The van der Waals surface area contributed by atoms with Crippen LogP contribution in [-0.2, 0) is 40.0 Å². The smallest absolute Gasteiger partial charge is 0.303 e.